The molecule has 0 bridgehead atoms. The maximum Gasteiger partial charge on any atom is 0.236 e. The summed E-state index contributed by atoms with van der Waals surface area (Å²) in [6, 6.07) is 0.0350. The minimum atomic E-state index is -0.537. The van der Waals surface area contributed by atoms with Crippen LogP contribution in [-0.4, -0.2) is 44.2 Å². The molecular formula is C10H19N3O3. The Balaban J connectivity index is 2.37. The van der Waals surface area contributed by atoms with Crippen molar-refractivity contribution >= 4 is 11.8 Å². The SMILES string of the molecule is CCCNC1COCC1C(=O)NCC(N)=O. The van der Waals surface area contributed by atoms with Crippen molar-refractivity contribution in [2.75, 3.05) is 26.3 Å². The first kappa shape index (κ1) is 12.9. The second kappa shape index (κ2) is 6.44. The molecule has 2 atom stereocenters. The summed E-state index contributed by atoms with van der Waals surface area (Å²) in [6.07, 6.45) is 1.01. The van der Waals surface area contributed by atoms with Gasteiger partial charge in [-0.3, -0.25) is 9.59 Å². The van der Waals surface area contributed by atoms with Crippen molar-refractivity contribution < 1.29 is 14.3 Å². The van der Waals surface area contributed by atoms with Gasteiger partial charge in [-0.25, -0.2) is 0 Å². The van der Waals surface area contributed by atoms with Gasteiger partial charge < -0.3 is 21.1 Å². The maximum absolute atomic E-state index is 11.7. The number of ether oxygens (including phenoxy) is 1. The van der Waals surface area contributed by atoms with E-state index in [1.165, 1.54) is 0 Å². The predicted molar refractivity (Wildman–Crippen MR) is 58.6 cm³/mol. The third-order valence-corrected chi connectivity index (χ3v) is 2.51. The summed E-state index contributed by atoms with van der Waals surface area (Å²) in [4.78, 5) is 22.2. The van der Waals surface area contributed by atoms with E-state index in [2.05, 4.69) is 17.6 Å². The minimum absolute atomic E-state index is 0.0350. The van der Waals surface area contributed by atoms with Gasteiger partial charge in [-0.1, -0.05) is 6.92 Å². The van der Waals surface area contributed by atoms with E-state index in [0.717, 1.165) is 13.0 Å². The molecule has 0 saturated carbocycles. The second-order valence-corrected chi connectivity index (χ2v) is 3.89. The molecule has 16 heavy (non-hydrogen) atoms. The van der Waals surface area contributed by atoms with Crippen LogP contribution in [0.1, 0.15) is 13.3 Å². The second-order valence-electron chi connectivity index (χ2n) is 3.89. The van der Waals surface area contributed by atoms with Gasteiger partial charge in [0.2, 0.25) is 11.8 Å². The van der Waals surface area contributed by atoms with Crippen molar-refractivity contribution in [1.82, 2.24) is 10.6 Å². The highest BCUT2D eigenvalue weighted by Crippen LogP contribution is 2.13. The Morgan fingerprint density at radius 1 is 1.44 bits per heavy atom. The van der Waals surface area contributed by atoms with Gasteiger partial charge in [0.05, 0.1) is 25.7 Å². The topological polar surface area (TPSA) is 93.4 Å². The molecule has 92 valence electrons. The van der Waals surface area contributed by atoms with Crippen molar-refractivity contribution in [2.45, 2.75) is 19.4 Å². The van der Waals surface area contributed by atoms with Gasteiger partial charge in [0.25, 0.3) is 0 Å². The molecule has 0 aromatic heterocycles. The van der Waals surface area contributed by atoms with E-state index in [-0.39, 0.29) is 24.4 Å². The molecule has 6 heteroatoms. The molecule has 2 unspecified atom stereocenters. The van der Waals surface area contributed by atoms with Gasteiger partial charge in [-0.15, -0.1) is 0 Å². The van der Waals surface area contributed by atoms with Crippen LogP contribution in [-0.2, 0) is 14.3 Å². The van der Waals surface area contributed by atoms with E-state index < -0.39 is 5.91 Å². The van der Waals surface area contributed by atoms with E-state index in [1.807, 2.05) is 0 Å². The molecular weight excluding hydrogens is 210 g/mol. The molecule has 0 radical (unpaired) electrons. The van der Waals surface area contributed by atoms with Crippen LogP contribution in [0.4, 0.5) is 0 Å². The summed E-state index contributed by atoms with van der Waals surface area (Å²) in [5.74, 6) is -0.943. The predicted octanol–water partition coefficient (Wildman–Crippen LogP) is -1.40. The van der Waals surface area contributed by atoms with Gasteiger partial charge in [0.1, 0.15) is 0 Å². The number of hydrogen-bond donors (Lipinski definition) is 3. The van der Waals surface area contributed by atoms with Crippen molar-refractivity contribution in [3.8, 4) is 0 Å². The number of rotatable bonds is 6. The highest BCUT2D eigenvalue weighted by atomic mass is 16.5. The van der Waals surface area contributed by atoms with Gasteiger partial charge in [0, 0.05) is 6.04 Å². The molecule has 1 heterocycles. The molecule has 0 spiro atoms. The lowest BCUT2D eigenvalue weighted by Crippen LogP contribution is -2.46. The zero-order chi connectivity index (χ0) is 12.0. The lowest BCUT2D eigenvalue weighted by Gasteiger charge is -2.17. The van der Waals surface area contributed by atoms with Crippen molar-refractivity contribution in [3.05, 3.63) is 0 Å². The number of carbonyl (C=O) groups is 2. The van der Waals surface area contributed by atoms with Crippen LogP contribution < -0.4 is 16.4 Å². The molecule has 0 aromatic carbocycles. The van der Waals surface area contributed by atoms with Crippen LogP contribution in [0.15, 0.2) is 0 Å². The quantitative estimate of drug-likeness (QED) is 0.522. The summed E-state index contributed by atoms with van der Waals surface area (Å²) >= 11 is 0. The van der Waals surface area contributed by atoms with Crippen LogP contribution >= 0.6 is 0 Å². The Morgan fingerprint density at radius 2 is 2.19 bits per heavy atom. The Kier molecular flexibility index (Phi) is 5.21. The fourth-order valence-corrected chi connectivity index (χ4v) is 1.65. The highest BCUT2D eigenvalue weighted by Gasteiger charge is 2.33. The van der Waals surface area contributed by atoms with Crippen LogP contribution in [0.25, 0.3) is 0 Å². The minimum Gasteiger partial charge on any atom is -0.379 e. The Hall–Kier alpha value is -1.14. The first-order valence-electron chi connectivity index (χ1n) is 5.52. The molecule has 1 saturated heterocycles. The molecule has 0 aliphatic carbocycles. The Labute approximate surface area is 94.9 Å². The standard InChI is InChI=1S/C10H19N3O3/c1-2-3-12-8-6-16-5-7(8)10(15)13-4-9(11)14/h7-8,12H,2-6H2,1H3,(H2,11,14)(H,13,15). The van der Waals surface area contributed by atoms with Crippen LogP contribution in [0.2, 0.25) is 0 Å². The molecule has 2 amide bonds. The lowest BCUT2D eigenvalue weighted by atomic mass is 10.0. The zero-order valence-corrected chi connectivity index (χ0v) is 9.49. The molecule has 6 nitrogen and oxygen atoms in total. The van der Waals surface area contributed by atoms with E-state index in [9.17, 15) is 9.59 Å². The number of carbonyl (C=O) groups excluding carboxylic acids is 2. The molecule has 1 fully saturated rings. The summed E-state index contributed by atoms with van der Waals surface area (Å²) in [5, 5.41) is 5.74. The third kappa shape index (κ3) is 3.79. The van der Waals surface area contributed by atoms with Crippen molar-refractivity contribution in [2.24, 2.45) is 11.7 Å². The summed E-state index contributed by atoms with van der Waals surface area (Å²) in [7, 11) is 0. The third-order valence-electron chi connectivity index (χ3n) is 2.51. The van der Waals surface area contributed by atoms with E-state index in [4.69, 9.17) is 10.5 Å². The maximum atomic E-state index is 11.7. The largest absolute Gasteiger partial charge is 0.379 e. The van der Waals surface area contributed by atoms with Gasteiger partial charge in [-0.05, 0) is 13.0 Å². The molecule has 1 aliphatic heterocycles. The summed E-state index contributed by atoms with van der Waals surface area (Å²) in [5.41, 5.74) is 4.95. The zero-order valence-electron chi connectivity index (χ0n) is 9.49. The van der Waals surface area contributed by atoms with Crippen LogP contribution in [0, 0.1) is 5.92 Å². The number of amides is 2. The first-order valence-corrected chi connectivity index (χ1v) is 5.52. The van der Waals surface area contributed by atoms with Crippen LogP contribution in [0.3, 0.4) is 0 Å². The summed E-state index contributed by atoms with van der Waals surface area (Å²) < 4.78 is 5.26. The molecule has 4 N–H and O–H groups in total. The van der Waals surface area contributed by atoms with E-state index in [1.54, 1.807) is 0 Å². The Bertz CT molecular complexity index is 258. The van der Waals surface area contributed by atoms with E-state index in [0.29, 0.717) is 13.2 Å². The average Bonchev–Trinajstić information content (AvgIpc) is 2.71. The van der Waals surface area contributed by atoms with E-state index >= 15 is 0 Å². The summed E-state index contributed by atoms with van der Waals surface area (Å²) in [6.45, 7) is 3.73. The number of nitrogens with one attached hydrogen (secondary N) is 2. The first-order chi connectivity index (χ1) is 7.65. The monoisotopic (exact) mass is 229 g/mol. The van der Waals surface area contributed by atoms with Gasteiger partial charge >= 0.3 is 0 Å². The molecule has 1 aliphatic rings. The molecule has 1 rings (SSSR count). The number of nitrogens with two attached hydrogens (primary N) is 1. The Morgan fingerprint density at radius 3 is 2.81 bits per heavy atom. The number of primary amides is 1. The fourth-order valence-electron chi connectivity index (χ4n) is 1.65. The number of hydrogen-bond acceptors (Lipinski definition) is 4. The van der Waals surface area contributed by atoms with Crippen LogP contribution in [0.5, 0.6) is 0 Å². The molecule has 0 aromatic rings. The van der Waals surface area contributed by atoms with Crippen molar-refractivity contribution in [1.29, 1.82) is 0 Å². The van der Waals surface area contributed by atoms with Gasteiger partial charge in [0.15, 0.2) is 0 Å². The fraction of sp³-hybridized carbons (Fsp3) is 0.800. The average molecular weight is 229 g/mol. The smallest absolute Gasteiger partial charge is 0.236 e. The highest BCUT2D eigenvalue weighted by molar-refractivity contribution is 5.85. The van der Waals surface area contributed by atoms with Crippen molar-refractivity contribution in [3.63, 3.8) is 0 Å². The van der Waals surface area contributed by atoms with Gasteiger partial charge in [-0.2, -0.15) is 0 Å². The normalized spacial score (nSPS) is 24.3. The lowest BCUT2D eigenvalue weighted by molar-refractivity contribution is -0.128.